The van der Waals surface area contributed by atoms with E-state index < -0.39 is 18.2 Å². The Morgan fingerprint density at radius 3 is 2.19 bits per heavy atom. The minimum Gasteiger partial charge on any atom is -0.481 e. The van der Waals surface area contributed by atoms with Crippen molar-refractivity contribution in [2.45, 2.75) is 82.8 Å². The summed E-state index contributed by atoms with van der Waals surface area (Å²) in [5, 5.41) is 29.4. The van der Waals surface area contributed by atoms with Crippen molar-refractivity contribution < 1.29 is 20.1 Å². The molecule has 0 aliphatic heterocycles. The second kappa shape index (κ2) is 8.14. The molecule has 0 heterocycles. The van der Waals surface area contributed by atoms with Gasteiger partial charge in [0.25, 0.3) is 0 Å². The van der Waals surface area contributed by atoms with Crippen LogP contribution >= 0.6 is 0 Å². The van der Waals surface area contributed by atoms with Crippen molar-refractivity contribution in [2.75, 3.05) is 0 Å². The van der Waals surface area contributed by atoms with Crippen molar-refractivity contribution in [3.05, 3.63) is 0 Å². The monoisotopic (exact) mass is 298 g/mol. The van der Waals surface area contributed by atoms with Gasteiger partial charge < -0.3 is 15.3 Å². The summed E-state index contributed by atoms with van der Waals surface area (Å²) in [5.74, 6) is 0.140. The Morgan fingerprint density at radius 2 is 1.57 bits per heavy atom. The van der Waals surface area contributed by atoms with E-state index in [0.717, 1.165) is 19.3 Å². The molecule has 0 aromatic rings. The van der Waals surface area contributed by atoms with Crippen molar-refractivity contribution in [3.8, 4) is 0 Å². The van der Waals surface area contributed by atoms with E-state index in [-0.39, 0.29) is 18.3 Å². The third-order valence-electron chi connectivity index (χ3n) is 5.53. The van der Waals surface area contributed by atoms with Gasteiger partial charge in [0.2, 0.25) is 0 Å². The summed E-state index contributed by atoms with van der Waals surface area (Å²) in [4.78, 5) is 10.7. The molecule has 21 heavy (non-hydrogen) atoms. The van der Waals surface area contributed by atoms with Crippen LogP contribution in [-0.4, -0.2) is 33.5 Å². The van der Waals surface area contributed by atoms with Crippen molar-refractivity contribution >= 4 is 5.97 Å². The molecule has 0 amide bonds. The number of aliphatic hydroxyl groups is 2. The Hall–Kier alpha value is -0.610. The number of hydrogen-bond acceptors (Lipinski definition) is 3. The Kier molecular flexibility index (Phi) is 6.49. The molecule has 0 saturated heterocycles. The number of aliphatic hydroxyl groups excluding tert-OH is 2. The van der Waals surface area contributed by atoms with Gasteiger partial charge in [-0.05, 0) is 37.0 Å². The summed E-state index contributed by atoms with van der Waals surface area (Å²) >= 11 is 0. The van der Waals surface area contributed by atoms with Gasteiger partial charge in [-0.25, -0.2) is 0 Å². The topological polar surface area (TPSA) is 77.8 Å². The van der Waals surface area contributed by atoms with Gasteiger partial charge in [0.15, 0.2) is 0 Å². The highest BCUT2D eigenvalue weighted by Crippen LogP contribution is 2.41. The van der Waals surface area contributed by atoms with Crippen LogP contribution in [0.1, 0.15) is 70.6 Å². The molecule has 2 fully saturated rings. The van der Waals surface area contributed by atoms with Gasteiger partial charge in [0.05, 0.1) is 12.2 Å². The van der Waals surface area contributed by atoms with Gasteiger partial charge in [0, 0.05) is 6.42 Å². The minimum absolute atomic E-state index is 0.158. The zero-order chi connectivity index (χ0) is 15.2. The number of rotatable bonds is 4. The lowest BCUT2D eigenvalue weighted by molar-refractivity contribution is -0.138. The van der Waals surface area contributed by atoms with Crippen LogP contribution < -0.4 is 0 Å². The zero-order valence-electron chi connectivity index (χ0n) is 12.9. The smallest absolute Gasteiger partial charge is 0.303 e. The standard InChI is InChI=1S/C17H30O4/c18-15-11-12(8-9-16(19)20)10-14(17(15)21)13-6-4-2-1-3-5-7-13/h12-15,17-18,21H,1-11H2,(H,19,20)/t12?,14?,15?,17-/m1/s1. The quantitative estimate of drug-likeness (QED) is 0.745. The van der Waals surface area contributed by atoms with Gasteiger partial charge >= 0.3 is 5.97 Å². The normalized spacial score (nSPS) is 35.9. The Morgan fingerprint density at radius 1 is 0.952 bits per heavy atom. The molecule has 4 atom stereocenters. The van der Waals surface area contributed by atoms with Crippen LogP contribution in [-0.2, 0) is 4.79 Å². The van der Waals surface area contributed by atoms with E-state index in [2.05, 4.69) is 0 Å². The van der Waals surface area contributed by atoms with Gasteiger partial charge in [-0.3, -0.25) is 4.79 Å². The first-order valence-electron chi connectivity index (χ1n) is 8.66. The first-order valence-corrected chi connectivity index (χ1v) is 8.66. The van der Waals surface area contributed by atoms with Gasteiger partial charge in [0.1, 0.15) is 0 Å². The van der Waals surface area contributed by atoms with Gasteiger partial charge in [-0.1, -0.05) is 44.9 Å². The lowest BCUT2D eigenvalue weighted by Crippen LogP contribution is -2.44. The average molecular weight is 298 g/mol. The highest BCUT2D eigenvalue weighted by atomic mass is 16.4. The fourth-order valence-corrected chi connectivity index (χ4v) is 4.34. The van der Waals surface area contributed by atoms with Crippen LogP contribution in [0.15, 0.2) is 0 Å². The van der Waals surface area contributed by atoms with Crippen molar-refractivity contribution in [2.24, 2.45) is 17.8 Å². The molecule has 2 aliphatic rings. The minimum atomic E-state index is -0.766. The van der Waals surface area contributed by atoms with E-state index in [4.69, 9.17) is 5.11 Å². The first-order chi connectivity index (χ1) is 10.1. The summed E-state index contributed by atoms with van der Waals surface area (Å²) in [6.45, 7) is 0. The molecule has 0 spiro atoms. The van der Waals surface area contributed by atoms with E-state index in [1.54, 1.807) is 0 Å². The van der Waals surface area contributed by atoms with Crippen molar-refractivity contribution in [1.29, 1.82) is 0 Å². The molecular formula is C17H30O4. The van der Waals surface area contributed by atoms with Crippen LogP contribution in [0.25, 0.3) is 0 Å². The number of carboxylic acid groups (broad SMARTS) is 1. The maximum atomic E-state index is 10.7. The molecule has 122 valence electrons. The third kappa shape index (κ3) is 4.96. The predicted molar refractivity (Wildman–Crippen MR) is 80.9 cm³/mol. The molecule has 0 aromatic carbocycles. The molecule has 3 N–H and O–H groups in total. The van der Waals surface area contributed by atoms with Crippen molar-refractivity contribution in [3.63, 3.8) is 0 Å². The van der Waals surface area contributed by atoms with Crippen LogP contribution in [0.4, 0.5) is 0 Å². The predicted octanol–water partition coefficient (Wildman–Crippen LogP) is 2.96. The van der Waals surface area contributed by atoms with Crippen molar-refractivity contribution in [1.82, 2.24) is 0 Å². The summed E-state index contributed by atoms with van der Waals surface area (Å²) in [6.07, 6.45) is 9.59. The Bertz CT molecular complexity index is 323. The molecule has 4 heteroatoms. The summed E-state index contributed by atoms with van der Waals surface area (Å²) in [7, 11) is 0. The Labute approximate surface area is 127 Å². The second-order valence-electron chi connectivity index (χ2n) is 7.10. The number of hydrogen-bond donors (Lipinski definition) is 3. The molecular weight excluding hydrogens is 268 g/mol. The molecule has 2 rings (SSSR count). The van der Waals surface area contributed by atoms with Crippen LogP contribution in [0, 0.1) is 17.8 Å². The number of carbonyl (C=O) groups is 1. The van der Waals surface area contributed by atoms with E-state index in [1.165, 1.54) is 32.1 Å². The molecule has 0 radical (unpaired) electrons. The molecule has 2 saturated carbocycles. The van der Waals surface area contributed by atoms with E-state index in [9.17, 15) is 15.0 Å². The highest BCUT2D eigenvalue weighted by Gasteiger charge is 2.39. The third-order valence-corrected chi connectivity index (χ3v) is 5.53. The molecule has 0 bridgehead atoms. The maximum absolute atomic E-state index is 10.7. The highest BCUT2D eigenvalue weighted by molar-refractivity contribution is 5.66. The van der Waals surface area contributed by atoms with Gasteiger partial charge in [-0.2, -0.15) is 0 Å². The van der Waals surface area contributed by atoms with Crippen LogP contribution in [0.2, 0.25) is 0 Å². The lowest BCUT2D eigenvalue weighted by atomic mass is 9.68. The lowest BCUT2D eigenvalue weighted by Gasteiger charge is -2.41. The largest absolute Gasteiger partial charge is 0.481 e. The molecule has 2 aliphatic carbocycles. The SMILES string of the molecule is O=C(O)CCC1CC(O)[C@H](O)C(C2CCCCCCC2)C1. The summed E-state index contributed by atoms with van der Waals surface area (Å²) in [5.41, 5.74) is 0. The maximum Gasteiger partial charge on any atom is 0.303 e. The molecule has 4 nitrogen and oxygen atoms in total. The van der Waals surface area contributed by atoms with E-state index >= 15 is 0 Å². The first kappa shape index (κ1) is 16.8. The molecule has 0 aromatic heterocycles. The summed E-state index contributed by atoms with van der Waals surface area (Å²) < 4.78 is 0. The Balaban J connectivity index is 1.95. The van der Waals surface area contributed by atoms with Crippen LogP contribution in [0.3, 0.4) is 0 Å². The molecule has 3 unspecified atom stereocenters. The second-order valence-corrected chi connectivity index (χ2v) is 7.10. The van der Waals surface area contributed by atoms with E-state index in [0.29, 0.717) is 18.8 Å². The summed E-state index contributed by atoms with van der Waals surface area (Å²) in [6, 6.07) is 0. The fraction of sp³-hybridized carbons (Fsp3) is 0.941. The number of carboxylic acids is 1. The zero-order valence-corrected chi connectivity index (χ0v) is 12.9. The number of aliphatic carboxylic acids is 1. The average Bonchev–Trinajstić information content (AvgIpc) is 2.40. The fourth-order valence-electron chi connectivity index (χ4n) is 4.34. The van der Waals surface area contributed by atoms with E-state index in [1.807, 2.05) is 0 Å². The van der Waals surface area contributed by atoms with Crippen LogP contribution in [0.5, 0.6) is 0 Å². The van der Waals surface area contributed by atoms with Gasteiger partial charge in [-0.15, -0.1) is 0 Å².